The number of hydrogen-bond donors (Lipinski definition) is 2. The lowest BCUT2D eigenvalue weighted by molar-refractivity contribution is -0.138. The minimum absolute atomic E-state index is 0.0193. The molecule has 0 bridgehead atoms. The highest BCUT2D eigenvalue weighted by Crippen LogP contribution is 2.05. The lowest BCUT2D eigenvalue weighted by atomic mass is 10.2. The Bertz CT molecular complexity index is 278. The molecular weight excluding hydrogens is 234 g/mol. The quantitative estimate of drug-likeness (QED) is 0.663. The third kappa shape index (κ3) is 5.01. The fraction of sp³-hybridized carbons (Fsp3) is 0.833. The highest BCUT2D eigenvalue weighted by Gasteiger charge is 2.22. The number of carbonyl (C=O) groups excluding carboxylic acids is 2. The van der Waals surface area contributed by atoms with Crippen LogP contribution in [0.1, 0.15) is 19.8 Å². The van der Waals surface area contributed by atoms with Gasteiger partial charge in [0.2, 0.25) is 11.8 Å². The third-order valence-electron chi connectivity index (χ3n) is 2.87. The van der Waals surface area contributed by atoms with E-state index in [0.29, 0.717) is 26.1 Å². The molecule has 6 nitrogen and oxygen atoms in total. The first-order valence-electron chi connectivity index (χ1n) is 6.48. The van der Waals surface area contributed by atoms with Crippen LogP contribution in [0.15, 0.2) is 0 Å². The molecule has 1 saturated heterocycles. The lowest BCUT2D eigenvalue weighted by Gasteiger charge is -2.27. The molecule has 1 fully saturated rings. The van der Waals surface area contributed by atoms with E-state index in [4.69, 9.17) is 4.74 Å². The van der Waals surface area contributed by atoms with E-state index in [1.165, 1.54) is 0 Å². The number of likely N-dealkylation sites (N-methyl/N-ethyl adjacent to an activating group) is 1. The van der Waals surface area contributed by atoms with Gasteiger partial charge in [-0.15, -0.1) is 0 Å². The summed E-state index contributed by atoms with van der Waals surface area (Å²) >= 11 is 0. The Morgan fingerprint density at radius 3 is 2.83 bits per heavy atom. The Labute approximate surface area is 108 Å². The maximum Gasteiger partial charge on any atom is 0.239 e. The Hall–Kier alpha value is -1.14. The summed E-state index contributed by atoms with van der Waals surface area (Å²) in [6.45, 7) is 4.90. The smallest absolute Gasteiger partial charge is 0.239 e. The van der Waals surface area contributed by atoms with Gasteiger partial charge in [0.1, 0.15) is 0 Å². The van der Waals surface area contributed by atoms with Crippen molar-refractivity contribution in [3.8, 4) is 0 Å². The Morgan fingerprint density at radius 1 is 1.50 bits per heavy atom. The SMILES string of the molecule is CCCN(CC(=O)NC)C(=O)CC1CNCCO1. The van der Waals surface area contributed by atoms with Crippen molar-refractivity contribution in [2.24, 2.45) is 0 Å². The molecule has 0 aromatic rings. The van der Waals surface area contributed by atoms with Crippen molar-refractivity contribution in [2.45, 2.75) is 25.9 Å². The lowest BCUT2D eigenvalue weighted by Crippen LogP contribution is -2.45. The monoisotopic (exact) mass is 257 g/mol. The van der Waals surface area contributed by atoms with Gasteiger partial charge in [-0.1, -0.05) is 6.92 Å². The van der Waals surface area contributed by atoms with Gasteiger partial charge in [0.25, 0.3) is 0 Å². The molecule has 1 heterocycles. The second kappa shape index (κ2) is 8.05. The van der Waals surface area contributed by atoms with Crippen LogP contribution in [0.3, 0.4) is 0 Å². The third-order valence-corrected chi connectivity index (χ3v) is 2.87. The van der Waals surface area contributed by atoms with Crippen LogP contribution in [0.25, 0.3) is 0 Å². The maximum atomic E-state index is 12.1. The van der Waals surface area contributed by atoms with Crippen LogP contribution in [-0.4, -0.2) is 62.7 Å². The van der Waals surface area contributed by atoms with E-state index < -0.39 is 0 Å². The summed E-state index contributed by atoms with van der Waals surface area (Å²) in [5, 5.41) is 5.72. The maximum absolute atomic E-state index is 12.1. The van der Waals surface area contributed by atoms with Gasteiger partial charge in [-0.25, -0.2) is 0 Å². The van der Waals surface area contributed by atoms with Gasteiger partial charge < -0.3 is 20.3 Å². The number of hydrogen-bond acceptors (Lipinski definition) is 4. The van der Waals surface area contributed by atoms with Crippen molar-refractivity contribution in [1.82, 2.24) is 15.5 Å². The zero-order valence-corrected chi connectivity index (χ0v) is 11.2. The Balaban J connectivity index is 2.44. The summed E-state index contributed by atoms with van der Waals surface area (Å²) in [6, 6.07) is 0. The van der Waals surface area contributed by atoms with E-state index >= 15 is 0 Å². The number of nitrogens with zero attached hydrogens (tertiary/aromatic N) is 1. The van der Waals surface area contributed by atoms with Crippen molar-refractivity contribution in [2.75, 3.05) is 39.8 Å². The number of ether oxygens (including phenoxy) is 1. The van der Waals surface area contributed by atoms with Crippen LogP contribution >= 0.6 is 0 Å². The molecule has 104 valence electrons. The predicted molar refractivity (Wildman–Crippen MR) is 68.2 cm³/mol. The molecule has 1 aliphatic heterocycles. The molecule has 1 unspecified atom stereocenters. The van der Waals surface area contributed by atoms with E-state index in [1.54, 1.807) is 11.9 Å². The Morgan fingerprint density at radius 2 is 2.28 bits per heavy atom. The molecule has 6 heteroatoms. The topological polar surface area (TPSA) is 70.7 Å². The molecule has 0 aromatic heterocycles. The molecule has 1 atom stereocenters. The van der Waals surface area contributed by atoms with Gasteiger partial charge in [0, 0.05) is 26.7 Å². The van der Waals surface area contributed by atoms with E-state index in [2.05, 4.69) is 10.6 Å². The van der Waals surface area contributed by atoms with Gasteiger partial charge >= 0.3 is 0 Å². The van der Waals surface area contributed by atoms with Crippen LogP contribution in [0, 0.1) is 0 Å². The molecule has 0 aromatic carbocycles. The van der Waals surface area contributed by atoms with Gasteiger partial charge in [-0.3, -0.25) is 9.59 Å². The molecule has 1 rings (SSSR count). The second-order valence-corrected chi connectivity index (χ2v) is 4.39. The van der Waals surface area contributed by atoms with E-state index in [9.17, 15) is 9.59 Å². The molecule has 2 amide bonds. The molecule has 2 N–H and O–H groups in total. The zero-order valence-electron chi connectivity index (χ0n) is 11.2. The molecule has 0 aliphatic carbocycles. The minimum atomic E-state index is -0.139. The fourth-order valence-corrected chi connectivity index (χ4v) is 1.89. The molecule has 1 aliphatic rings. The van der Waals surface area contributed by atoms with Crippen molar-refractivity contribution in [3.63, 3.8) is 0 Å². The standard InChI is InChI=1S/C12H23N3O3/c1-3-5-15(9-11(16)13-2)12(17)7-10-8-14-4-6-18-10/h10,14H,3-9H2,1-2H3,(H,13,16). The minimum Gasteiger partial charge on any atom is -0.375 e. The predicted octanol–water partition coefficient (Wildman–Crippen LogP) is -0.650. The van der Waals surface area contributed by atoms with Crippen LogP contribution in [0.2, 0.25) is 0 Å². The molecule has 0 radical (unpaired) electrons. The fourth-order valence-electron chi connectivity index (χ4n) is 1.89. The first kappa shape index (κ1) is 14.9. The van der Waals surface area contributed by atoms with Crippen molar-refractivity contribution >= 4 is 11.8 Å². The van der Waals surface area contributed by atoms with Gasteiger partial charge in [0.15, 0.2) is 0 Å². The van der Waals surface area contributed by atoms with Crippen molar-refractivity contribution in [3.05, 3.63) is 0 Å². The second-order valence-electron chi connectivity index (χ2n) is 4.39. The first-order chi connectivity index (χ1) is 8.67. The summed E-state index contributed by atoms with van der Waals surface area (Å²) in [7, 11) is 1.57. The van der Waals surface area contributed by atoms with E-state index in [1.807, 2.05) is 6.92 Å². The average molecular weight is 257 g/mol. The number of morpholine rings is 1. The molecule has 18 heavy (non-hydrogen) atoms. The summed E-state index contributed by atoms with van der Waals surface area (Å²) in [6.07, 6.45) is 1.10. The molecular formula is C12H23N3O3. The highest BCUT2D eigenvalue weighted by molar-refractivity contribution is 5.84. The number of carbonyl (C=O) groups is 2. The number of rotatable bonds is 6. The van der Waals surface area contributed by atoms with Crippen LogP contribution < -0.4 is 10.6 Å². The van der Waals surface area contributed by atoms with Gasteiger partial charge in [-0.2, -0.15) is 0 Å². The normalized spacial score (nSPS) is 19.3. The Kier molecular flexibility index (Phi) is 6.67. The number of amides is 2. The average Bonchev–Trinajstić information content (AvgIpc) is 2.39. The largest absolute Gasteiger partial charge is 0.375 e. The molecule has 0 saturated carbocycles. The number of nitrogens with one attached hydrogen (secondary N) is 2. The summed E-state index contributed by atoms with van der Waals surface area (Å²) in [5.41, 5.74) is 0. The highest BCUT2D eigenvalue weighted by atomic mass is 16.5. The van der Waals surface area contributed by atoms with Gasteiger partial charge in [-0.05, 0) is 6.42 Å². The first-order valence-corrected chi connectivity index (χ1v) is 6.48. The van der Waals surface area contributed by atoms with Crippen LogP contribution in [0.4, 0.5) is 0 Å². The van der Waals surface area contributed by atoms with Gasteiger partial charge in [0.05, 0.1) is 25.7 Å². The molecule has 0 spiro atoms. The summed E-state index contributed by atoms with van der Waals surface area (Å²) in [5.74, 6) is -0.159. The van der Waals surface area contributed by atoms with Crippen LogP contribution in [0.5, 0.6) is 0 Å². The van der Waals surface area contributed by atoms with E-state index in [-0.39, 0.29) is 24.5 Å². The summed E-state index contributed by atoms with van der Waals surface area (Å²) in [4.78, 5) is 25.0. The van der Waals surface area contributed by atoms with Crippen molar-refractivity contribution < 1.29 is 14.3 Å². The zero-order chi connectivity index (χ0) is 13.4. The van der Waals surface area contributed by atoms with Crippen LogP contribution in [-0.2, 0) is 14.3 Å². The van der Waals surface area contributed by atoms with Crippen molar-refractivity contribution in [1.29, 1.82) is 0 Å². The van der Waals surface area contributed by atoms with E-state index in [0.717, 1.165) is 13.0 Å². The summed E-state index contributed by atoms with van der Waals surface area (Å²) < 4.78 is 5.50.